The van der Waals surface area contributed by atoms with Crippen LogP contribution in [0.15, 0.2) is 46.2 Å². The van der Waals surface area contributed by atoms with E-state index in [0.29, 0.717) is 23.1 Å². The molecule has 0 heterocycles. The molecule has 0 fully saturated rings. The molecule has 25 heavy (non-hydrogen) atoms. The number of benzene rings is 2. The van der Waals surface area contributed by atoms with E-state index >= 15 is 0 Å². The number of aryl methyl sites for hydroxylation is 1. The summed E-state index contributed by atoms with van der Waals surface area (Å²) in [6.45, 7) is 3.06. The van der Waals surface area contributed by atoms with Crippen LogP contribution < -0.4 is 5.73 Å². The topological polar surface area (TPSA) is 60.2 Å². The molecule has 0 bridgehead atoms. The molecule has 0 spiro atoms. The van der Waals surface area contributed by atoms with Gasteiger partial charge in [-0.25, -0.2) is 8.42 Å². The molecule has 136 valence electrons. The first-order chi connectivity index (χ1) is 11.5. The Morgan fingerprint density at radius 3 is 2.36 bits per heavy atom. The van der Waals surface area contributed by atoms with E-state index in [9.17, 15) is 21.6 Å². The summed E-state index contributed by atoms with van der Waals surface area (Å²) < 4.78 is 65.2. The molecule has 0 aliphatic heterocycles. The lowest BCUT2D eigenvalue weighted by molar-refractivity contribution is -0.138. The minimum Gasteiger partial charge on any atom is -0.399 e. The molecule has 1 unspecified atom stereocenters. The molecule has 3 nitrogen and oxygen atoms in total. The van der Waals surface area contributed by atoms with Gasteiger partial charge in [0.25, 0.3) is 0 Å². The van der Waals surface area contributed by atoms with Gasteiger partial charge in [-0.15, -0.1) is 0 Å². The van der Waals surface area contributed by atoms with Crippen LogP contribution in [-0.4, -0.2) is 14.2 Å². The number of rotatable bonds is 4. The molecule has 2 N–H and O–H groups in total. The van der Waals surface area contributed by atoms with Crippen molar-refractivity contribution >= 4 is 28.2 Å². The van der Waals surface area contributed by atoms with Gasteiger partial charge in [0, 0.05) is 5.69 Å². The SMILES string of the molecule is Cc1ccc(S(=O)(=O)c2ccc(N)cc2C(C)CS)cc1C(F)(F)F. The summed E-state index contributed by atoms with van der Waals surface area (Å²) in [5.41, 5.74) is 5.55. The molecule has 0 radical (unpaired) electrons. The second kappa shape index (κ2) is 6.92. The molecule has 2 rings (SSSR count). The number of alkyl halides is 3. The van der Waals surface area contributed by atoms with Crippen LogP contribution in [0.3, 0.4) is 0 Å². The van der Waals surface area contributed by atoms with Gasteiger partial charge in [-0.2, -0.15) is 25.8 Å². The molecule has 0 amide bonds. The number of hydrogen-bond donors (Lipinski definition) is 2. The summed E-state index contributed by atoms with van der Waals surface area (Å²) in [5.74, 6) is 0.136. The average molecular weight is 389 g/mol. The van der Waals surface area contributed by atoms with Crippen LogP contribution in [0.4, 0.5) is 18.9 Å². The van der Waals surface area contributed by atoms with E-state index in [2.05, 4.69) is 12.6 Å². The molecule has 0 aliphatic carbocycles. The Labute approximate surface area is 150 Å². The van der Waals surface area contributed by atoms with Crippen molar-refractivity contribution in [3.63, 3.8) is 0 Å². The molecule has 0 saturated heterocycles. The monoisotopic (exact) mass is 389 g/mol. The summed E-state index contributed by atoms with van der Waals surface area (Å²) in [4.78, 5) is -0.456. The Balaban J connectivity index is 2.69. The molecular formula is C17H18F3NO2S2. The van der Waals surface area contributed by atoms with Crippen molar-refractivity contribution in [3.8, 4) is 0 Å². The molecule has 0 aliphatic rings. The molecule has 2 aromatic rings. The van der Waals surface area contributed by atoms with Gasteiger partial charge in [-0.05, 0) is 60.1 Å². The Kier molecular flexibility index (Phi) is 5.44. The third-order valence-electron chi connectivity index (χ3n) is 3.95. The summed E-state index contributed by atoms with van der Waals surface area (Å²) in [5, 5.41) is 0. The van der Waals surface area contributed by atoms with Gasteiger partial charge in [-0.1, -0.05) is 13.0 Å². The van der Waals surface area contributed by atoms with Crippen molar-refractivity contribution < 1.29 is 21.6 Å². The maximum Gasteiger partial charge on any atom is 0.416 e. The average Bonchev–Trinajstić information content (AvgIpc) is 2.52. The van der Waals surface area contributed by atoms with Gasteiger partial charge in [-0.3, -0.25) is 0 Å². The Morgan fingerprint density at radius 1 is 1.16 bits per heavy atom. The van der Waals surface area contributed by atoms with Crippen molar-refractivity contribution in [2.75, 3.05) is 11.5 Å². The largest absolute Gasteiger partial charge is 0.416 e. The molecular weight excluding hydrogens is 371 g/mol. The van der Waals surface area contributed by atoms with Crippen molar-refractivity contribution in [2.45, 2.75) is 35.7 Å². The maximum atomic E-state index is 13.1. The van der Waals surface area contributed by atoms with E-state index in [1.807, 2.05) is 0 Å². The van der Waals surface area contributed by atoms with E-state index < -0.39 is 26.5 Å². The van der Waals surface area contributed by atoms with E-state index in [0.717, 1.165) is 6.07 Å². The summed E-state index contributed by atoms with van der Waals surface area (Å²) >= 11 is 4.17. The van der Waals surface area contributed by atoms with Crippen LogP contribution in [0.1, 0.15) is 29.5 Å². The molecule has 8 heteroatoms. The van der Waals surface area contributed by atoms with Crippen LogP contribution in [-0.2, 0) is 16.0 Å². The first kappa shape index (κ1) is 19.7. The van der Waals surface area contributed by atoms with Crippen LogP contribution in [0.25, 0.3) is 0 Å². The van der Waals surface area contributed by atoms with Gasteiger partial charge in [0.05, 0.1) is 15.4 Å². The van der Waals surface area contributed by atoms with Gasteiger partial charge in [0.1, 0.15) is 0 Å². The number of anilines is 1. The zero-order valence-electron chi connectivity index (χ0n) is 13.6. The van der Waals surface area contributed by atoms with Gasteiger partial charge in [0.15, 0.2) is 0 Å². The predicted octanol–water partition coefficient (Wildman–Crippen LogP) is 4.46. The van der Waals surface area contributed by atoms with Crippen LogP contribution in [0.5, 0.6) is 0 Å². The van der Waals surface area contributed by atoms with E-state index in [-0.39, 0.29) is 16.4 Å². The van der Waals surface area contributed by atoms with Crippen LogP contribution in [0.2, 0.25) is 0 Å². The maximum absolute atomic E-state index is 13.1. The second-order valence-corrected chi connectivity index (χ2v) is 8.14. The first-order valence-electron chi connectivity index (χ1n) is 7.41. The normalized spacial score (nSPS) is 13.7. The standard InChI is InChI=1S/C17H18F3NO2S2/c1-10-3-5-13(8-15(10)17(18,19)20)25(22,23)16-6-4-12(21)7-14(16)11(2)9-24/h3-8,11,24H,9,21H2,1-2H3. The van der Waals surface area contributed by atoms with Crippen LogP contribution in [0, 0.1) is 6.92 Å². The van der Waals surface area contributed by atoms with Gasteiger partial charge < -0.3 is 5.73 Å². The van der Waals surface area contributed by atoms with E-state index in [1.54, 1.807) is 6.92 Å². The van der Waals surface area contributed by atoms with Gasteiger partial charge >= 0.3 is 6.18 Å². The second-order valence-electron chi connectivity index (χ2n) is 5.86. The number of nitrogens with two attached hydrogens (primary N) is 1. The fourth-order valence-electron chi connectivity index (χ4n) is 2.50. The zero-order valence-corrected chi connectivity index (χ0v) is 15.3. The van der Waals surface area contributed by atoms with Gasteiger partial charge in [0.2, 0.25) is 9.84 Å². The highest BCUT2D eigenvalue weighted by atomic mass is 32.2. The van der Waals surface area contributed by atoms with Crippen molar-refractivity contribution in [2.24, 2.45) is 0 Å². The molecule has 2 aromatic carbocycles. The number of nitrogen functional groups attached to an aromatic ring is 1. The fraction of sp³-hybridized carbons (Fsp3) is 0.294. The number of thiol groups is 1. The number of sulfone groups is 1. The third-order valence-corrected chi connectivity index (χ3v) is 6.33. The highest BCUT2D eigenvalue weighted by Crippen LogP contribution is 2.36. The minimum absolute atomic E-state index is 0.0345. The van der Waals surface area contributed by atoms with E-state index in [1.165, 1.54) is 31.2 Å². The Hall–Kier alpha value is -1.67. The summed E-state index contributed by atoms with van der Waals surface area (Å²) in [7, 11) is -4.13. The minimum atomic E-state index is -4.63. The van der Waals surface area contributed by atoms with Crippen molar-refractivity contribution in [3.05, 3.63) is 53.1 Å². The predicted molar refractivity (Wildman–Crippen MR) is 94.8 cm³/mol. The highest BCUT2D eigenvalue weighted by molar-refractivity contribution is 7.91. The molecule has 0 saturated carbocycles. The lowest BCUT2D eigenvalue weighted by Gasteiger charge is -2.17. The van der Waals surface area contributed by atoms with Crippen LogP contribution >= 0.6 is 12.6 Å². The van der Waals surface area contributed by atoms with E-state index in [4.69, 9.17) is 5.73 Å². The molecule has 0 aromatic heterocycles. The first-order valence-corrected chi connectivity index (χ1v) is 9.53. The lowest BCUT2D eigenvalue weighted by Crippen LogP contribution is -2.12. The van der Waals surface area contributed by atoms with Crippen molar-refractivity contribution in [1.29, 1.82) is 0 Å². The smallest absolute Gasteiger partial charge is 0.399 e. The Morgan fingerprint density at radius 2 is 1.80 bits per heavy atom. The quantitative estimate of drug-likeness (QED) is 0.599. The summed E-state index contributed by atoms with van der Waals surface area (Å²) in [6.07, 6.45) is -4.63. The van der Waals surface area contributed by atoms with Crippen molar-refractivity contribution in [1.82, 2.24) is 0 Å². The molecule has 1 atom stereocenters. The fourth-order valence-corrected chi connectivity index (χ4v) is 4.28. The lowest BCUT2D eigenvalue weighted by atomic mass is 10.0. The summed E-state index contributed by atoms with van der Waals surface area (Å²) in [6, 6.07) is 7.29. The number of hydrogen-bond acceptors (Lipinski definition) is 4. The third kappa shape index (κ3) is 3.95. The number of halogens is 3. The zero-order chi connectivity index (χ0) is 19.0. The Bertz CT molecular complexity index is 893. The highest BCUT2D eigenvalue weighted by Gasteiger charge is 2.34.